The minimum Gasteiger partial charge on any atom is -0.480 e. The number of carbonyl (C=O) groups excluding carboxylic acids is 1. The van der Waals surface area contributed by atoms with E-state index in [0.717, 1.165) is 15.6 Å². The van der Waals surface area contributed by atoms with Gasteiger partial charge in [-0.3, -0.25) is 9.59 Å². The normalized spacial score (nSPS) is 10.1. The summed E-state index contributed by atoms with van der Waals surface area (Å²) in [7, 11) is 1.48. The largest absolute Gasteiger partial charge is 0.480 e. The number of aryl methyl sites for hydroxylation is 2. The van der Waals surface area contributed by atoms with Crippen molar-refractivity contribution in [2.45, 2.75) is 13.8 Å². The average molecular weight is 300 g/mol. The molecule has 17 heavy (non-hydrogen) atoms. The smallest absolute Gasteiger partial charge is 0.323 e. The van der Waals surface area contributed by atoms with Gasteiger partial charge < -0.3 is 10.0 Å². The summed E-state index contributed by atoms with van der Waals surface area (Å²) in [6.45, 7) is 3.41. The topological polar surface area (TPSA) is 57.6 Å². The SMILES string of the molecule is Cc1cc(C(=O)N(C)CC(=O)O)c(C)cc1Br. The molecule has 1 amide bonds. The molecule has 4 nitrogen and oxygen atoms in total. The maximum Gasteiger partial charge on any atom is 0.323 e. The van der Waals surface area contributed by atoms with E-state index in [1.807, 2.05) is 19.9 Å². The van der Waals surface area contributed by atoms with Crippen molar-refractivity contribution in [2.75, 3.05) is 13.6 Å². The van der Waals surface area contributed by atoms with E-state index >= 15 is 0 Å². The van der Waals surface area contributed by atoms with Gasteiger partial charge in [-0.1, -0.05) is 15.9 Å². The van der Waals surface area contributed by atoms with Crippen LogP contribution >= 0.6 is 15.9 Å². The van der Waals surface area contributed by atoms with E-state index in [1.54, 1.807) is 6.07 Å². The lowest BCUT2D eigenvalue weighted by Crippen LogP contribution is -2.32. The van der Waals surface area contributed by atoms with Crippen LogP contribution in [-0.2, 0) is 4.79 Å². The number of hydrogen-bond acceptors (Lipinski definition) is 2. The first kappa shape index (κ1) is 13.7. The highest BCUT2D eigenvalue weighted by Crippen LogP contribution is 2.21. The number of hydrogen-bond donors (Lipinski definition) is 1. The van der Waals surface area contributed by atoms with Gasteiger partial charge in [0.2, 0.25) is 0 Å². The van der Waals surface area contributed by atoms with E-state index in [9.17, 15) is 9.59 Å². The van der Waals surface area contributed by atoms with E-state index in [1.165, 1.54) is 11.9 Å². The molecule has 0 saturated heterocycles. The molecule has 0 aliphatic carbocycles. The minimum atomic E-state index is -1.02. The molecular weight excluding hydrogens is 286 g/mol. The molecule has 0 saturated carbocycles. The van der Waals surface area contributed by atoms with Crippen LogP contribution in [0.1, 0.15) is 21.5 Å². The van der Waals surface area contributed by atoms with Crippen molar-refractivity contribution in [3.05, 3.63) is 33.3 Å². The number of likely N-dealkylation sites (N-methyl/N-ethyl adjacent to an activating group) is 1. The van der Waals surface area contributed by atoms with Crippen LogP contribution in [0.3, 0.4) is 0 Å². The Morgan fingerprint density at radius 3 is 2.41 bits per heavy atom. The molecule has 0 spiro atoms. The first-order chi connectivity index (χ1) is 7.82. The van der Waals surface area contributed by atoms with Crippen molar-refractivity contribution >= 4 is 27.8 Å². The van der Waals surface area contributed by atoms with Crippen LogP contribution in [0.15, 0.2) is 16.6 Å². The van der Waals surface area contributed by atoms with Gasteiger partial charge in [0.15, 0.2) is 0 Å². The van der Waals surface area contributed by atoms with Crippen LogP contribution in [-0.4, -0.2) is 35.5 Å². The lowest BCUT2D eigenvalue weighted by molar-refractivity contribution is -0.137. The summed E-state index contributed by atoms with van der Waals surface area (Å²) in [5.41, 5.74) is 2.31. The van der Waals surface area contributed by atoms with Crippen molar-refractivity contribution < 1.29 is 14.7 Å². The molecule has 1 aromatic rings. The second kappa shape index (κ2) is 5.31. The Labute approximate surface area is 108 Å². The van der Waals surface area contributed by atoms with Gasteiger partial charge in [-0.25, -0.2) is 0 Å². The first-order valence-corrected chi connectivity index (χ1v) is 5.86. The maximum absolute atomic E-state index is 12.0. The molecule has 0 aliphatic rings. The third kappa shape index (κ3) is 3.30. The molecule has 1 rings (SSSR count). The molecule has 0 bridgehead atoms. The number of nitrogens with zero attached hydrogens (tertiary/aromatic N) is 1. The Bertz CT molecular complexity index is 471. The van der Waals surface area contributed by atoms with Crippen LogP contribution in [0, 0.1) is 13.8 Å². The van der Waals surface area contributed by atoms with Crippen molar-refractivity contribution in [1.82, 2.24) is 4.90 Å². The van der Waals surface area contributed by atoms with Gasteiger partial charge in [-0.15, -0.1) is 0 Å². The fraction of sp³-hybridized carbons (Fsp3) is 0.333. The highest BCUT2D eigenvalue weighted by atomic mass is 79.9. The summed E-state index contributed by atoms with van der Waals surface area (Å²) in [6.07, 6.45) is 0. The van der Waals surface area contributed by atoms with Crippen molar-refractivity contribution in [3.63, 3.8) is 0 Å². The third-order valence-corrected chi connectivity index (χ3v) is 3.31. The fourth-order valence-electron chi connectivity index (χ4n) is 1.49. The van der Waals surface area contributed by atoms with E-state index in [0.29, 0.717) is 5.56 Å². The van der Waals surface area contributed by atoms with Gasteiger partial charge in [-0.05, 0) is 37.1 Å². The zero-order chi connectivity index (χ0) is 13.2. The number of carboxylic acid groups (broad SMARTS) is 1. The van der Waals surface area contributed by atoms with Gasteiger partial charge in [-0.2, -0.15) is 0 Å². The maximum atomic E-state index is 12.0. The Kier molecular flexibility index (Phi) is 4.28. The third-order valence-electron chi connectivity index (χ3n) is 2.46. The minimum absolute atomic E-state index is 0.277. The van der Waals surface area contributed by atoms with E-state index in [-0.39, 0.29) is 12.5 Å². The van der Waals surface area contributed by atoms with Crippen LogP contribution in [0.5, 0.6) is 0 Å². The molecule has 0 radical (unpaired) electrons. The summed E-state index contributed by atoms with van der Waals surface area (Å²) in [5, 5.41) is 8.65. The molecule has 0 aromatic heterocycles. The van der Waals surface area contributed by atoms with Gasteiger partial charge in [0.05, 0.1) is 0 Å². The van der Waals surface area contributed by atoms with Crippen molar-refractivity contribution in [3.8, 4) is 0 Å². The van der Waals surface area contributed by atoms with Crippen molar-refractivity contribution in [1.29, 1.82) is 0 Å². The molecule has 0 heterocycles. The molecule has 1 N–H and O–H groups in total. The Morgan fingerprint density at radius 1 is 1.29 bits per heavy atom. The molecule has 0 unspecified atom stereocenters. The number of carboxylic acids is 1. The monoisotopic (exact) mass is 299 g/mol. The molecule has 1 aromatic carbocycles. The van der Waals surface area contributed by atoms with Crippen LogP contribution in [0.25, 0.3) is 0 Å². The van der Waals surface area contributed by atoms with Crippen LogP contribution in [0.4, 0.5) is 0 Å². The molecule has 0 aliphatic heterocycles. The summed E-state index contributed by atoms with van der Waals surface area (Å²) in [6, 6.07) is 3.62. The summed E-state index contributed by atoms with van der Waals surface area (Å²) in [5.74, 6) is -1.30. The molecular formula is C12H14BrNO3. The predicted octanol–water partition coefficient (Wildman–Crippen LogP) is 2.22. The fourth-order valence-corrected chi connectivity index (χ4v) is 1.95. The quantitative estimate of drug-likeness (QED) is 0.931. The van der Waals surface area contributed by atoms with Gasteiger partial charge in [0.1, 0.15) is 6.54 Å². The van der Waals surface area contributed by atoms with Gasteiger partial charge in [0, 0.05) is 17.1 Å². The zero-order valence-corrected chi connectivity index (χ0v) is 11.5. The van der Waals surface area contributed by atoms with E-state index in [4.69, 9.17) is 5.11 Å². The van der Waals surface area contributed by atoms with E-state index < -0.39 is 5.97 Å². The zero-order valence-electron chi connectivity index (χ0n) is 9.95. The Morgan fingerprint density at radius 2 is 1.88 bits per heavy atom. The number of rotatable bonds is 3. The second-order valence-electron chi connectivity index (χ2n) is 3.97. The Hall–Kier alpha value is -1.36. The number of halogens is 1. The molecule has 5 heteroatoms. The van der Waals surface area contributed by atoms with Gasteiger partial charge in [0.25, 0.3) is 5.91 Å². The first-order valence-electron chi connectivity index (χ1n) is 5.07. The number of aliphatic carboxylic acids is 1. The highest BCUT2D eigenvalue weighted by Gasteiger charge is 2.17. The average Bonchev–Trinajstić information content (AvgIpc) is 2.21. The summed E-state index contributed by atoms with van der Waals surface area (Å²) < 4.78 is 0.937. The standard InChI is InChI=1S/C12H14BrNO3/c1-7-5-10(13)8(2)4-9(7)12(17)14(3)6-11(15)16/h4-5H,6H2,1-3H3,(H,15,16). The molecule has 92 valence electrons. The summed E-state index contributed by atoms with van der Waals surface area (Å²) in [4.78, 5) is 23.8. The van der Waals surface area contributed by atoms with Crippen molar-refractivity contribution in [2.24, 2.45) is 0 Å². The van der Waals surface area contributed by atoms with E-state index in [2.05, 4.69) is 15.9 Å². The number of carbonyl (C=O) groups is 2. The second-order valence-corrected chi connectivity index (χ2v) is 4.83. The van der Waals surface area contributed by atoms with Crippen LogP contribution < -0.4 is 0 Å². The lowest BCUT2D eigenvalue weighted by atomic mass is 10.0. The molecule has 0 fully saturated rings. The molecule has 0 atom stereocenters. The number of benzene rings is 1. The van der Waals surface area contributed by atoms with Crippen LogP contribution in [0.2, 0.25) is 0 Å². The Balaban J connectivity index is 3.04. The summed E-state index contributed by atoms with van der Waals surface area (Å²) >= 11 is 3.39. The predicted molar refractivity (Wildman–Crippen MR) is 68.2 cm³/mol. The highest BCUT2D eigenvalue weighted by molar-refractivity contribution is 9.10. The number of amides is 1. The van der Waals surface area contributed by atoms with Gasteiger partial charge >= 0.3 is 5.97 Å². The lowest BCUT2D eigenvalue weighted by Gasteiger charge is -2.16.